The lowest BCUT2D eigenvalue weighted by Crippen LogP contribution is -2.47. The molecule has 20 heavy (non-hydrogen) atoms. The standard InChI is InChI=1S/C12H14ClF3N2.2ClH/c13-8-2-1-3-9(14)10(8)11(12(15)16)18-6-4-17-5-7-18;;/h1-3,11-12,17H,4-7H2;2*1H/t11-;;/m0../s1. The van der Waals surface area contributed by atoms with Gasteiger partial charge in [0.15, 0.2) is 0 Å². The van der Waals surface area contributed by atoms with E-state index in [1.807, 2.05) is 0 Å². The van der Waals surface area contributed by atoms with E-state index in [1.54, 1.807) is 4.90 Å². The van der Waals surface area contributed by atoms with Gasteiger partial charge in [-0.15, -0.1) is 24.8 Å². The van der Waals surface area contributed by atoms with Crippen LogP contribution < -0.4 is 5.32 Å². The lowest BCUT2D eigenvalue weighted by molar-refractivity contribution is 0.0164. The molecule has 2 nitrogen and oxygen atoms in total. The van der Waals surface area contributed by atoms with Gasteiger partial charge in [0.2, 0.25) is 0 Å². The van der Waals surface area contributed by atoms with Crippen molar-refractivity contribution in [2.45, 2.75) is 12.5 Å². The maximum atomic E-state index is 13.8. The molecule has 1 N–H and O–H groups in total. The molecule has 0 bridgehead atoms. The molecular weight excluding hydrogens is 335 g/mol. The molecule has 1 aliphatic heterocycles. The minimum atomic E-state index is -2.67. The highest BCUT2D eigenvalue weighted by Gasteiger charge is 2.33. The fourth-order valence-corrected chi connectivity index (χ4v) is 2.50. The van der Waals surface area contributed by atoms with Gasteiger partial charge >= 0.3 is 0 Å². The van der Waals surface area contributed by atoms with Crippen LogP contribution in [0.25, 0.3) is 0 Å². The summed E-state index contributed by atoms with van der Waals surface area (Å²) in [5.41, 5.74) is -0.101. The molecular formula is C12H16Cl3F3N2. The minimum Gasteiger partial charge on any atom is -0.314 e. The van der Waals surface area contributed by atoms with Crippen molar-refractivity contribution in [3.8, 4) is 0 Å². The lowest BCUT2D eigenvalue weighted by Gasteiger charge is -2.35. The first kappa shape index (κ1) is 19.8. The van der Waals surface area contributed by atoms with E-state index in [0.29, 0.717) is 26.2 Å². The number of benzene rings is 1. The van der Waals surface area contributed by atoms with Crippen LogP contribution in [0.5, 0.6) is 0 Å². The van der Waals surface area contributed by atoms with E-state index in [9.17, 15) is 13.2 Å². The van der Waals surface area contributed by atoms with Crippen LogP contribution in [-0.4, -0.2) is 37.5 Å². The van der Waals surface area contributed by atoms with Crippen LogP contribution in [0, 0.1) is 5.82 Å². The molecule has 1 atom stereocenters. The fraction of sp³-hybridized carbons (Fsp3) is 0.500. The van der Waals surface area contributed by atoms with E-state index in [1.165, 1.54) is 18.2 Å². The first-order valence-electron chi connectivity index (χ1n) is 5.78. The van der Waals surface area contributed by atoms with Crippen molar-refractivity contribution in [3.05, 3.63) is 34.6 Å². The molecule has 8 heteroatoms. The molecule has 2 rings (SSSR count). The van der Waals surface area contributed by atoms with Crippen molar-refractivity contribution in [2.24, 2.45) is 0 Å². The Morgan fingerprint density at radius 3 is 2.25 bits per heavy atom. The summed E-state index contributed by atoms with van der Waals surface area (Å²) in [5.74, 6) is -0.675. The summed E-state index contributed by atoms with van der Waals surface area (Å²) in [6, 6.07) is 2.75. The Bertz CT molecular complexity index is 395. The van der Waals surface area contributed by atoms with E-state index in [2.05, 4.69) is 5.32 Å². The fourth-order valence-electron chi connectivity index (χ4n) is 2.22. The summed E-state index contributed by atoms with van der Waals surface area (Å²) in [7, 11) is 0. The van der Waals surface area contributed by atoms with Gasteiger partial charge in [0, 0.05) is 36.8 Å². The van der Waals surface area contributed by atoms with E-state index in [-0.39, 0.29) is 35.4 Å². The van der Waals surface area contributed by atoms with Crippen molar-refractivity contribution in [2.75, 3.05) is 26.2 Å². The number of nitrogens with one attached hydrogen (secondary N) is 1. The van der Waals surface area contributed by atoms with Crippen molar-refractivity contribution in [1.82, 2.24) is 10.2 Å². The molecule has 1 aromatic rings. The number of hydrogen-bond acceptors (Lipinski definition) is 2. The molecule has 1 aromatic carbocycles. The second-order valence-electron chi connectivity index (χ2n) is 4.20. The monoisotopic (exact) mass is 350 g/mol. The maximum Gasteiger partial charge on any atom is 0.258 e. The first-order chi connectivity index (χ1) is 8.61. The Morgan fingerprint density at radius 1 is 1.15 bits per heavy atom. The predicted molar refractivity (Wildman–Crippen MR) is 79.1 cm³/mol. The Kier molecular flexibility index (Phi) is 8.86. The summed E-state index contributed by atoms with van der Waals surface area (Å²) in [6.07, 6.45) is -2.67. The van der Waals surface area contributed by atoms with Gasteiger partial charge < -0.3 is 5.32 Å². The average Bonchev–Trinajstić information content (AvgIpc) is 2.34. The quantitative estimate of drug-likeness (QED) is 0.896. The molecule has 0 aromatic heterocycles. The van der Waals surface area contributed by atoms with Crippen LogP contribution in [0.15, 0.2) is 18.2 Å². The van der Waals surface area contributed by atoms with Gasteiger partial charge in [-0.1, -0.05) is 17.7 Å². The number of piperazine rings is 1. The molecule has 1 aliphatic rings. The number of hydrogen-bond donors (Lipinski definition) is 1. The van der Waals surface area contributed by atoms with Crippen molar-refractivity contribution >= 4 is 36.4 Å². The lowest BCUT2D eigenvalue weighted by atomic mass is 10.0. The zero-order valence-electron chi connectivity index (χ0n) is 10.5. The predicted octanol–water partition coefficient (Wildman–Crippen LogP) is 3.53. The van der Waals surface area contributed by atoms with Crippen molar-refractivity contribution in [3.63, 3.8) is 0 Å². The van der Waals surface area contributed by atoms with Gasteiger partial charge in [-0.3, -0.25) is 4.90 Å². The van der Waals surface area contributed by atoms with Gasteiger partial charge in [-0.05, 0) is 12.1 Å². The van der Waals surface area contributed by atoms with Gasteiger partial charge in [-0.25, -0.2) is 13.2 Å². The third-order valence-electron chi connectivity index (χ3n) is 3.08. The number of rotatable bonds is 3. The van der Waals surface area contributed by atoms with Gasteiger partial charge in [0.25, 0.3) is 6.43 Å². The van der Waals surface area contributed by atoms with Crippen molar-refractivity contribution in [1.29, 1.82) is 0 Å². The van der Waals surface area contributed by atoms with Crippen LogP contribution in [0.1, 0.15) is 11.6 Å². The topological polar surface area (TPSA) is 15.3 Å². The summed E-state index contributed by atoms with van der Waals surface area (Å²) in [6.45, 7) is 2.16. The van der Waals surface area contributed by atoms with Gasteiger partial charge in [0.05, 0.1) is 0 Å². The van der Waals surface area contributed by atoms with Crippen LogP contribution in [-0.2, 0) is 0 Å². The van der Waals surface area contributed by atoms with E-state index >= 15 is 0 Å². The molecule has 0 amide bonds. The summed E-state index contributed by atoms with van der Waals surface area (Å²) in [4.78, 5) is 1.57. The maximum absolute atomic E-state index is 13.8. The molecule has 0 radical (unpaired) electrons. The molecule has 1 saturated heterocycles. The zero-order chi connectivity index (χ0) is 13.1. The third-order valence-corrected chi connectivity index (χ3v) is 3.41. The third kappa shape index (κ3) is 4.40. The molecule has 0 aliphatic carbocycles. The second-order valence-corrected chi connectivity index (χ2v) is 4.61. The Labute approximate surface area is 133 Å². The van der Waals surface area contributed by atoms with Gasteiger partial charge in [-0.2, -0.15) is 0 Å². The van der Waals surface area contributed by atoms with Crippen LogP contribution in [0.4, 0.5) is 13.2 Å². The highest BCUT2D eigenvalue weighted by molar-refractivity contribution is 6.31. The number of nitrogens with zero attached hydrogens (tertiary/aromatic N) is 1. The van der Waals surface area contributed by atoms with E-state index in [0.717, 1.165) is 0 Å². The summed E-state index contributed by atoms with van der Waals surface area (Å²) in [5, 5.41) is 3.13. The first-order valence-corrected chi connectivity index (χ1v) is 6.16. The zero-order valence-corrected chi connectivity index (χ0v) is 12.9. The molecule has 116 valence electrons. The Hall–Kier alpha value is -0.200. The van der Waals surface area contributed by atoms with Crippen LogP contribution >= 0.6 is 36.4 Å². The summed E-state index contributed by atoms with van der Waals surface area (Å²) >= 11 is 5.87. The average molecular weight is 352 g/mol. The number of alkyl halides is 2. The van der Waals surface area contributed by atoms with Crippen LogP contribution in [0.2, 0.25) is 5.02 Å². The molecule has 0 saturated carbocycles. The Morgan fingerprint density at radius 2 is 1.75 bits per heavy atom. The number of halogens is 6. The smallest absolute Gasteiger partial charge is 0.258 e. The minimum absolute atomic E-state index is 0. The van der Waals surface area contributed by atoms with Crippen LogP contribution in [0.3, 0.4) is 0 Å². The van der Waals surface area contributed by atoms with Gasteiger partial charge in [0.1, 0.15) is 11.9 Å². The molecule has 0 unspecified atom stereocenters. The van der Waals surface area contributed by atoms with E-state index < -0.39 is 18.3 Å². The Balaban J connectivity index is 0.00000180. The molecule has 1 heterocycles. The SMILES string of the molecule is Cl.Cl.Fc1cccc(Cl)c1[C@@H](C(F)F)N1CCNCC1. The highest BCUT2D eigenvalue weighted by atomic mass is 35.5. The largest absolute Gasteiger partial charge is 0.314 e. The summed E-state index contributed by atoms with van der Waals surface area (Å²) < 4.78 is 40.2. The second kappa shape index (κ2) is 8.95. The van der Waals surface area contributed by atoms with E-state index in [4.69, 9.17) is 11.6 Å². The normalized spacial score (nSPS) is 17.2. The van der Waals surface area contributed by atoms with Crippen molar-refractivity contribution < 1.29 is 13.2 Å². The molecule has 0 spiro atoms. The highest BCUT2D eigenvalue weighted by Crippen LogP contribution is 2.34. The molecule has 1 fully saturated rings.